The summed E-state index contributed by atoms with van der Waals surface area (Å²) < 4.78 is 0. The highest BCUT2D eigenvalue weighted by atomic mass is 32.1. The molecule has 1 aromatic heterocycles. The molecular weight excluding hydrogens is 260 g/mol. The number of thiazole rings is 1. The van der Waals surface area contributed by atoms with Gasteiger partial charge >= 0.3 is 0 Å². The minimum Gasteiger partial charge on any atom is -0.392 e. The van der Waals surface area contributed by atoms with Gasteiger partial charge in [-0.1, -0.05) is 12.1 Å². The minimum atomic E-state index is -0.547. The van der Waals surface area contributed by atoms with Crippen LogP contribution < -0.4 is 5.32 Å². The minimum absolute atomic E-state index is 0.184. The van der Waals surface area contributed by atoms with Gasteiger partial charge in [-0.3, -0.25) is 4.79 Å². The van der Waals surface area contributed by atoms with Gasteiger partial charge < -0.3 is 10.4 Å². The Labute approximate surface area is 116 Å². The smallest absolute Gasteiger partial charge is 0.251 e. The summed E-state index contributed by atoms with van der Waals surface area (Å²) in [6.45, 7) is 3.83. The first-order valence-electron chi connectivity index (χ1n) is 6.05. The van der Waals surface area contributed by atoms with E-state index in [4.69, 9.17) is 5.11 Å². The van der Waals surface area contributed by atoms with Gasteiger partial charge in [-0.2, -0.15) is 0 Å². The second-order valence-electron chi connectivity index (χ2n) is 4.43. The molecule has 2 N–H and O–H groups in total. The Morgan fingerprint density at radius 2 is 2.32 bits per heavy atom. The van der Waals surface area contributed by atoms with E-state index in [0.717, 1.165) is 16.3 Å². The van der Waals surface area contributed by atoms with E-state index in [1.807, 2.05) is 30.5 Å². The van der Waals surface area contributed by atoms with Crippen LogP contribution in [-0.2, 0) is 0 Å². The van der Waals surface area contributed by atoms with Gasteiger partial charge in [0.25, 0.3) is 5.91 Å². The van der Waals surface area contributed by atoms with E-state index in [9.17, 15) is 4.79 Å². The van der Waals surface area contributed by atoms with Crippen LogP contribution in [0, 0.1) is 6.92 Å². The van der Waals surface area contributed by atoms with Gasteiger partial charge in [0.15, 0.2) is 0 Å². The summed E-state index contributed by atoms with van der Waals surface area (Å²) >= 11 is 1.56. The SMILES string of the molecule is Cc1csc(-c2cccc(C(=O)NCC(C)O)c2)n1. The van der Waals surface area contributed by atoms with E-state index >= 15 is 0 Å². The number of rotatable bonds is 4. The van der Waals surface area contributed by atoms with Crippen molar-refractivity contribution >= 4 is 17.2 Å². The number of carbonyl (C=O) groups excluding carboxylic acids is 1. The number of amides is 1. The zero-order valence-electron chi connectivity index (χ0n) is 10.9. The molecule has 100 valence electrons. The average Bonchev–Trinajstić information content (AvgIpc) is 2.83. The van der Waals surface area contributed by atoms with Gasteiger partial charge in [0.05, 0.1) is 6.10 Å². The number of nitrogens with one attached hydrogen (secondary N) is 1. The number of aromatic nitrogens is 1. The molecule has 4 nitrogen and oxygen atoms in total. The second-order valence-corrected chi connectivity index (χ2v) is 5.29. The summed E-state index contributed by atoms with van der Waals surface area (Å²) in [5, 5.41) is 14.7. The lowest BCUT2D eigenvalue weighted by molar-refractivity contribution is 0.0924. The van der Waals surface area contributed by atoms with Crippen molar-refractivity contribution in [1.82, 2.24) is 10.3 Å². The van der Waals surface area contributed by atoms with Gasteiger partial charge in [0.1, 0.15) is 5.01 Å². The van der Waals surface area contributed by atoms with Crippen LogP contribution in [-0.4, -0.2) is 28.6 Å². The lowest BCUT2D eigenvalue weighted by Crippen LogP contribution is -2.30. The molecule has 0 fully saturated rings. The summed E-state index contributed by atoms with van der Waals surface area (Å²) in [5.41, 5.74) is 2.48. The Morgan fingerprint density at radius 1 is 1.53 bits per heavy atom. The third-order valence-electron chi connectivity index (χ3n) is 2.55. The molecule has 0 aliphatic rings. The maximum Gasteiger partial charge on any atom is 0.251 e. The van der Waals surface area contributed by atoms with Crippen molar-refractivity contribution in [3.8, 4) is 10.6 Å². The first-order valence-corrected chi connectivity index (χ1v) is 6.93. The van der Waals surface area contributed by atoms with E-state index in [-0.39, 0.29) is 12.5 Å². The third-order valence-corrected chi connectivity index (χ3v) is 3.56. The van der Waals surface area contributed by atoms with E-state index in [1.165, 1.54) is 0 Å². The topological polar surface area (TPSA) is 62.2 Å². The first-order chi connectivity index (χ1) is 9.06. The van der Waals surface area contributed by atoms with Crippen molar-refractivity contribution in [3.05, 3.63) is 40.9 Å². The Bertz CT molecular complexity index is 578. The zero-order valence-corrected chi connectivity index (χ0v) is 11.7. The predicted octanol–water partition coefficient (Wildman–Crippen LogP) is 2.23. The fourth-order valence-electron chi connectivity index (χ4n) is 1.62. The molecule has 2 rings (SSSR count). The predicted molar refractivity (Wildman–Crippen MR) is 76.3 cm³/mol. The maximum atomic E-state index is 11.9. The molecule has 5 heteroatoms. The number of aryl methyl sites for hydroxylation is 1. The molecule has 0 spiro atoms. The Morgan fingerprint density at radius 3 is 2.95 bits per heavy atom. The molecule has 2 aromatic rings. The number of benzene rings is 1. The summed E-state index contributed by atoms with van der Waals surface area (Å²) in [6, 6.07) is 7.34. The number of hydrogen-bond donors (Lipinski definition) is 2. The lowest BCUT2D eigenvalue weighted by Gasteiger charge is -2.07. The molecule has 1 amide bonds. The molecule has 0 saturated heterocycles. The molecule has 0 aliphatic carbocycles. The maximum absolute atomic E-state index is 11.9. The largest absolute Gasteiger partial charge is 0.392 e. The van der Waals surface area contributed by atoms with Crippen molar-refractivity contribution < 1.29 is 9.90 Å². The van der Waals surface area contributed by atoms with E-state index in [0.29, 0.717) is 5.56 Å². The van der Waals surface area contributed by atoms with Gasteiger partial charge in [0, 0.05) is 28.7 Å². The molecule has 19 heavy (non-hydrogen) atoms. The Kier molecular flexibility index (Phi) is 4.29. The van der Waals surface area contributed by atoms with Crippen LogP contribution in [0.4, 0.5) is 0 Å². The summed E-state index contributed by atoms with van der Waals surface area (Å²) in [5.74, 6) is -0.184. The van der Waals surface area contributed by atoms with Crippen LogP contribution in [0.15, 0.2) is 29.6 Å². The van der Waals surface area contributed by atoms with Crippen LogP contribution >= 0.6 is 11.3 Å². The number of aliphatic hydroxyl groups is 1. The Hall–Kier alpha value is -1.72. The van der Waals surface area contributed by atoms with Crippen molar-refractivity contribution in [2.24, 2.45) is 0 Å². The normalized spacial score (nSPS) is 12.2. The van der Waals surface area contributed by atoms with Crippen molar-refractivity contribution in [3.63, 3.8) is 0 Å². The zero-order chi connectivity index (χ0) is 13.8. The fraction of sp³-hybridized carbons (Fsp3) is 0.286. The highest BCUT2D eigenvalue weighted by molar-refractivity contribution is 7.13. The Balaban J connectivity index is 2.17. The van der Waals surface area contributed by atoms with Crippen LogP contribution in [0.2, 0.25) is 0 Å². The van der Waals surface area contributed by atoms with Gasteiger partial charge in [-0.25, -0.2) is 4.98 Å². The number of nitrogens with zero attached hydrogens (tertiary/aromatic N) is 1. The quantitative estimate of drug-likeness (QED) is 0.900. The molecule has 0 saturated carbocycles. The first kappa shape index (κ1) is 13.7. The van der Waals surface area contributed by atoms with Crippen molar-refractivity contribution in [1.29, 1.82) is 0 Å². The van der Waals surface area contributed by atoms with E-state index in [2.05, 4.69) is 10.3 Å². The molecule has 1 unspecified atom stereocenters. The molecule has 0 aliphatic heterocycles. The highest BCUT2D eigenvalue weighted by Gasteiger charge is 2.09. The molecular formula is C14H16N2O2S. The van der Waals surface area contributed by atoms with Crippen LogP contribution in [0.1, 0.15) is 23.0 Å². The molecule has 1 aromatic carbocycles. The molecule has 1 heterocycles. The number of aliphatic hydroxyl groups excluding tert-OH is 1. The summed E-state index contributed by atoms with van der Waals surface area (Å²) in [7, 11) is 0. The van der Waals surface area contributed by atoms with Gasteiger partial charge in [0.2, 0.25) is 0 Å². The van der Waals surface area contributed by atoms with Crippen molar-refractivity contribution in [2.45, 2.75) is 20.0 Å². The monoisotopic (exact) mass is 276 g/mol. The summed E-state index contributed by atoms with van der Waals surface area (Å²) in [6.07, 6.45) is -0.547. The second kappa shape index (κ2) is 5.95. The van der Waals surface area contributed by atoms with Crippen molar-refractivity contribution in [2.75, 3.05) is 6.54 Å². The molecule has 0 bridgehead atoms. The van der Waals surface area contributed by atoms with E-state index in [1.54, 1.807) is 24.3 Å². The lowest BCUT2D eigenvalue weighted by atomic mass is 10.1. The standard InChI is InChI=1S/C14H16N2O2S/c1-9-8-19-14(16-9)12-5-3-4-11(6-12)13(18)15-7-10(2)17/h3-6,8,10,17H,7H2,1-2H3,(H,15,18). The number of carbonyl (C=O) groups is 1. The van der Waals surface area contributed by atoms with Crippen LogP contribution in [0.5, 0.6) is 0 Å². The molecule has 1 atom stereocenters. The number of hydrogen-bond acceptors (Lipinski definition) is 4. The molecule has 0 radical (unpaired) electrons. The van der Waals surface area contributed by atoms with Crippen LogP contribution in [0.25, 0.3) is 10.6 Å². The highest BCUT2D eigenvalue weighted by Crippen LogP contribution is 2.24. The average molecular weight is 276 g/mol. The summed E-state index contributed by atoms with van der Waals surface area (Å²) in [4.78, 5) is 16.3. The van der Waals surface area contributed by atoms with Gasteiger partial charge in [-0.05, 0) is 26.0 Å². The fourth-order valence-corrected chi connectivity index (χ4v) is 2.42. The van der Waals surface area contributed by atoms with Gasteiger partial charge in [-0.15, -0.1) is 11.3 Å². The third kappa shape index (κ3) is 3.62. The van der Waals surface area contributed by atoms with E-state index < -0.39 is 6.10 Å². The van der Waals surface area contributed by atoms with Crippen LogP contribution in [0.3, 0.4) is 0 Å².